The van der Waals surface area contributed by atoms with Gasteiger partial charge in [-0.1, -0.05) is 27.5 Å². The van der Waals surface area contributed by atoms with Crippen LogP contribution in [-0.4, -0.2) is 18.3 Å². The first-order valence-corrected chi connectivity index (χ1v) is 6.15. The van der Waals surface area contributed by atoms with Crippen LogP contribution in [0.3, 0.4) is 0 Å². The summed E-state index contributed by atoms with van der Waals surface area (Å²) in [6.07, 6.45) is 0.751. The van der Waals surface area contributed by atoms with Crippen molar-refractivity contribution in [1.29, 1.82) is 0 Å². The van der Waals surface area contributed by atoms with Crippen molar-refractivity contribution < 1.29 is 4.79 Å². The normalized spacial score (nSPS) is 10.1. The molecule has 0 bridgehead atoms. The standard InChI is InChI=1S/C10H10BrCl2NO/c11-7-2-3-8(9(13)6-7)10(15)14-5-1-4-12/h2-3,6H,1,4-5H2,(H,14,15). The van der Waals surface area contributed by atoms with E-state index < -0.39 is 0 Å². The van der Waals surface area contributed by atoms with Crippen LogP contribution in [0, 0.1) is 0 Å². The number of hydrogen-bond acceptors (Lipinski definition) is 1. The molecule has 0 spiro atoms. The number of benzene rings is 1. The highest BCUT2D eigenvalue weighted by atomic mass is 79.9. The summed E-state index contributed by atoms with van der Waals surface area (Å²) >= 11 is 14.7. The number of alkyl halides is 1. The summed E-state index contributed by atoms with van der Waals surface area (Å²) in [7, 11) is 0. The van der Waals surface area contributed by atoms with Crippen molar-refractivity contribution >= 4 is 45.0 Å². The highest BCUT2D eigenvalue weighted by molar-refractivity contribution is 9.10. The molecule has 1 aromatic carbocycles. The molecule has 0 unspecified atom stereocenters. The van der Waals surface area contributed by atoms with Crippen LogP contribution in [0.2, 0.25) is 5.02 Å². The maximum atomic E-state index is 11.6. The molecule has 0 heterocycles. The Morgan fingerprint density at radius 2 is 2.20 bits per heavy atom. The highest BCUT2D eigenvalue weighted by Crippen LogP contribution is 2.21. The average molecular weight is 311 g/mol. The number of hydrogen-bond donors (Lipinski definition) is 1. The molecule has 0 aromatic heterocycles. The maximum Gasteiger partial charge on any atom is 0.252 e. The number of rotatable bonds is 4. The van der Waals surface area contributed by atoms with Crippen molar-refractivity contribution in [1.82, 2.24) is 5.32 Å². The van der Waals surface area contributed by atoms with Crippen LogP contribution >= 0.6 is 39.1 Å². The minimum Gasteiger partial charge on any atom is -0.352 e. The van der Waals surface area contributed by atoms with Gasteiger partial charge in [-0.05, 0) is 24.6 Å². The van der Waals surface area contributed by atoms with Crippen molar-refractivity contribution in [3.8, 4) is 0 Å². The summed E-state index contributed by atoms with van der Waals surface area (Å²) in [5.41, 5.74) is 0.481. The van der Waals surface area contributed by atoms with Crippen molar-refractivity contribution in [2.45, 2.75) is 6.42 Å². The van der Waals surface area contributed by atoms with E-state index in [1.807, 2.05) is 0 Å². The molecular formula is C10H10BrCl2NO. The molecule has 0 saturated heterocycles. The monoisotopic (exact) mass is 309 g/mol. The fourth-order valence-corrected chi connectivity index (χ4v) is 1.93. The van der Waals surface area contributed by atoms with E-state index in [-0.39, 0.29) is 5.91 Å². The third-order valence-electron chi connectivity index (χ3n) is 1.77. The Kier molecular flexibility index (Phi) is 5.43. The molecule has 1 amide bonds. The first kappa shape index (κ1) is 12.8. The van der Waals surface area contributed by atoms with Crippen molar-refractivity contribution in [3.63, 3.8) is 0 Å². The van der Waals surface area contributed by atoms with Gasteiger partial charge < -0.3 is 5.32 Å². The Morgan fingerprint density at radius 1 is 1.47 bits per heavy atom. The fraction of sp³-hybridized carbons (Fsp3) is 0.300. The van der Waals surface area contributed by atoms with Crippen LogP contribution in [0.5, 0.6) is 0 Å². The predicted molar refractivity (Wildman–Crippen MR) is 66.8 cm³/mol. The van der Waals surface area contributed by atoms with Gasteiger partial charge in [0.05, 0.1) is 10.6 Å². The van der Waals surface area contributed by atoms with Crippen molar-refractivity contribution in [3.05, 3.63) is 33.3 Å². The van der Waals surface area contributed by atoms with Gasteiger partial charge in [0.15, 0.2) is 0 Å². The topological polar surface area (TPSA) is 29.1 Å². The smallest absolute Gasteiger partial charge is 0.252 e. The van der Waals surface area contributed by atoms with Crippen molar-refractivity contribution in [2.75, 3.05) is 12.4 Å². The quantitative estimate of drug-likeness (QED) is 0.669. The van der Waals surface area contributed by atoms with Gasteiger partial charge in [0, 0.05) is 16.9 Å². The molecule has 1 aromatic rings. The molecule has 0 aliphatic carbocycles. The van der Waals surface area contributed by atoms with E-state index in [0.29, 0.717) is 23.0 Å². The lowest BCUT2D eigenvalue weighted by atomic mass is 10.2. The number of halogens is 3. The summed E-state index contributed by atoms with van der Waals surface area (Å²) in [4.78, 5) is 11.6. The van der Waals surface area contributed by atoms with Gasteiger partial charge in [0.2, 0.25) is 0 Å². The molecule has 2 nitrogen and oxygen atoms in total. The van der Waals surface area contributed by atoms with Crippen molar-refractivity contribution in [2.24, 2.45) is 0 Å². The summed E-state index contributed by atoms with van der Waals surface area (Å²) < 4.78 is 0.852. The zero-order chi connectivity index (χ0) is 11.3. The molecule has 1 N–H and O–H groups in total. The average Bonchev–Trinajstić information content (AvgIpc) is 2.17. The second kappa shape index (κ2) is 6.36. The minimum absolute atomic E-state index is 0.169. The Bertz CT molecular complexity index is 357. The number of nitrogens with one attached hydrogen (secondary N) is 1. The van der Waals surface area contributed by atoms with E-state index in [2.05, 4.69) is 21.2 Å². The van der Waals surface area contributed by atoms with Crippen LogP contribution in [0.25, 0.3) is 0 Å². The zero-order valence-corrected chi connectivity index (χ0v) is 11.0. The van der Waals surface area contributed by atoms with E-state index in [1.54, 1.807) is 18.2 Å². The third-order valence-corrected chi connectivity index (χ3v) is 2.84. The van der Waals surface area contributed by atoms with E-state index in [0.717, 1.165) is 10.9 Å². The molecule has 0 aliphatic heterocycles. The summed E-state index contributed by atoms with van der Waals surface area (Å²) in [5, 5.41) is 3.17. The largest absolute Gasteiger partial charge is 0.352 e. The molecule has 1 rings (SSSR count). The SMILES string of the molecule is O=C(NCCCCl)c1ccc(Br)cc1Cl. The summed E-state index contributed by atoms with van der Waals surface area (Å²) in [6.45, 7) is 0.564. The second-order valence-electron chi connectivity index (χ2n) is 2.92. The van der Waals surface area contributed by atoms with Crippen LogP contribution < -0.4 is 5.32 Å². The Labute approximate surface area is 107 Å². The molecule has 15 heavy (non-hydrogen) atoms. The van der Waals surface area contributed by atoms with Crippen LogP contribution in [0.15, 0.2) is 22.7 Å². The van der Waals surface area contributed by atoms with Crippen LogP contribution in [-0.2, 0) is 0 Å². The third kappa shape index (κ3) is 4.01. The fourth-order valence-electron chi connectivity index (χ4n) is 1.04. The molecular weight excluding hydrogens is 301 g/mol. The molecule has 0 fully saturated rings. The highest BCUT2D eigenvalue weighted by Gasteiger charge is 2.09. The van der Waals surface area contributed by atoms with Crippen LogP contribution in [0.4, 0.5) is 0 Å². The lowest BCUT2D eigenvalue weighted by Gasteiger charge is -2.05. The van der Waals surface area contributed by atoms with E-state index >= 15 is 0 Å². The number of carbonyl (C=O) groups is 1. The Hall–Kier alpha value is -0.250. The van der Waals surface area contributed by atoms with Gasteiger partial charge in [0.25, 0.3) is 5.91 Å². The van der Waals surface area contributed by atoms with E-state index in [1.165, 1.54) is 0 Å². The van der Waals surface area contributed by atoms with Gasteiger partial charge in [-0.2, -0.15) is 0 Å². The van der Waals surface area contributed by atoms with E-state index in [9.17, 15) is 4.79 Å². The first-order valence-electron chi connectivity index (χ1n) is 4.44. The Balaban J connectivity index is 2.65. The molecule has 5 heteroatoms. The number of carbonyl (C=O) groups excluding carboxylic acids is 1. The van der Waals surface area contributed by atoms with Gasteiger partial charge in [-0.15, -0.1) is 11.6 Å². The summed E-state index contributed by atoms with van der Waals surface area (Å²) in [5.74, 6) is 0.367. The predicted octanol–water partition coefficient (Wildman–Crippen LogP) is 3.46. The summed E-state index contributed by atoms with van der Waals surface area (Å²) in [6, 6.07) is 5.16. The lowest BCUT2D eigenvalue weighted by molar-refractivity contribution is 0.0954. The zero-order valence-electron chi connectivity index (χ0n) is 7.90. The minimum atomic E-state index is -0.169. The molecule has 0 aliphatic rings. The van der Waals surface area contributed by atoms with Gasteiger partial charge in [-0.25, -0.2) is 0 Å². The van der Waals surface area contributed by atoms with Crippen LogP contribution in [0.1, 0.15) is 16.8 Å². The molecule has 0 atom stereocenters. The maximum absolute atomic E-state index is 11.6. The molecule has 0 saturated carbocycles. The second-order valence-corrected chi connectivity index (χ2v) is 4.62. The van der Waals surface area contributed by atoms with Gasteiger partial charge >= 0.3 is 0 Å². The lowest BCUT2D eigenvalue weighted by Crippen LogP contribution is -2.24. The Morgan fingerprint density at radius 3 is 2.80 bits per heavy atom. The molecule has 82 valence electrons. The number of amides is 1. The molecule has 0 radical (unpaired) electrons. The van der Waals surface area contributed by atoms with E-state index in [4.69, 9.17) is 23.2 Å². The van der Waals surface area contributed by atoms with Gasteiger partial charge in [-0.3, -0.25) is 4.79 Å². The van der Waals surface area contributed by atoms with Gasteiger partial charge in [0.1, 0.15) is 0 Å². The first-order chi connectivity index (χ1) is 7.15.